The number of para-hydroxylation sites is 1. The van der Waals surface area contributed by atoms with Crippen LogP contribution in [0.2, 0.25) is 0 Å². The van der Waals surface area contributed by atoms with E-state index in [1.54, 1.807) is 4.90 Å². The van der Waals surface area contributed by atoms with Crippen molar-refractivity contribution in [2.75, 3.05) is 18.4 Å². The molecular formula is C17H25N3O2. The van der Waals surface area contributed by atoms with Gasteiger partial charge in [-0.05, 0) is 45.2 Å². The average Bonchev–Trinajstić information content (AvgIpc) is 2.49. The average molecular weight is 303 g/mol. The smallest absolute Gasteiger partial charge is 0.317 e. The second kappa shape index (κ2) is 7.29. The molecule has 2 rings (SSSR count). The van der Waals surface area contributed by atoms with Crippen LogP contribution >= 0.6 is 0 Å². The number of carbonyl (C=O) groups excluding carboxylic acids is 2. The van der Waals surface area contributed by atoms with Crippen LogP contribution in [-0.4, -0.2) is 36.0 Å². The van der Waals surface area contributed by atoms with Gasteiger partial charge in [0.1, 0.15) is 0 Å². The first-order chi connectivity index (χ1) is 10.5. The van der Waals surface area contributed by atoms with Gasteiger partial charge in [0.25, 0.3) is 0 Å². The summed E-state index contributed by atoms with van der Waals surface area (Å²) < 4.78 is 0. The molecule has 0 bridgehead atoms. The van der Waals surface area contributed by atoms with Crippen LogP contribution in [-0.2, 0) is 4.79 Å². The number of aryl methyl sites for hydroxylation is 1. The van der Waals surface area contributed by atoms with Crippen LogP contribution in [0.3, 0.4) is 0 Å². The van der Waals surface area contributed by atoms with Gasteiger partial charge in [-0.1, -0.05) is 18.2 Å². The molecule has 1 aliphatic rings. The zero-order valence-electron chi connectivity index (χ0n) is 13.6. The van der Waals surface area contributed by atoms with Crippen LogP contribution < -0.4 is 10.6 Å². The van der Waals surface area contributed by atoms with Crippen LogP contribution in [0.1, 0.15) is 32.3 Å². The molecule has 5 nitrogen and oxygen atoms in total. The Bertz CT molecular complexity index is 534. The van der Waals surface area contributed by atoms with E-state index < -0.39 is 0 Å². The minimum Gasteiger partial charge on any atom is -0.336 e. The second-order valence-electron chi connectivity index (χ2n) is 6.17. The first-order valence-corrected chi connectivity index (χ1v) is 7.89. The first-order valence-electron chi connectivity index (χ1n) is 7.89. The number of rotatable bonds is 3. The van der Waals surface area contributed by atoms with Gasteiger partial charge in [-0.2, -0.15) is 0 Å². The first kappa shape index (κ1) is 16.3. The molecular weight excluding hydrogens is 278 g/mol. The molecule has 0 aromatic heterocycles. The molecule has 0 atom stereocenters. The Kier molecular flexibility index (Phi) is 5.41. The summed E-state index contributed by atoms with van der Waals surface area (Å²) in [5.74, 6) is 0.0286. The molecule has 120 valence electrons. The van der Waals surface area contributed by atoms with E-state index in [1.807, 2.05) is 45.0 Å². The number of amides is 3. The van der Waals surface area contributed by atoms with E-state index in [9.17, 15) is 9.59 Å². The lowest BCUT2D eigenvalue weighted by Crippen LogP contribution is -2.47. The SMILES string of the molecule is Cc1ccccc1NC(=O)C1CCN(C(=O)NC(C)C)CC1. The number of likely N-dealkylation sites (tertiary alicyclic amines) is 1. The van der Waals surface area contributed by atoms with Gasteiger partial charge in [0.05, 0.1) is 0 Å². The summed E-state index contributed by atoms with van der Waals surface area (Å²) in [5.41, 5.74) is 1.93. The maximum Gasteiger partial charge on any atom is 0.317 e. The third kappa shape index (κ3) is 4.23. The molecule has 1 saturated heterocycles. The van der Waals surface area contributed by atoms with Gasteiger partial charge in [0.15, 0.2) is 0 Å². The lowest BCUT2D eigenvalue weighted by molar-refractivity contribution is -0.121. The number of nitrogens with one attached hydrogen (secondary N) is 2. The van der Waals surface area contributed by atoms with Crippen molar-refractivity contribution in [3.8, 4) is 0 Å². The van der Waals surface area contributed by atoms with Crippen molar-refractivity contribution < 1.29 is 9.59 Å². The lowest BCUT2D eigenvalue weighted by atomic mass is 9.96. The molecule has 1 aliphatic heterocycles. The van der Waals surface area contributed by atoms with Crippen LogP contribution in [0.5, 0.6) is 0 Å². The number of nitrogens with zero attached hydrogens (tertiary/aromatic N) is 1. The molecule has 0 radical (unpaired) electrons. The van der Waals surface area contributed by atoms with Crippen molar-refractivity contribution >= 4 is 17.6 Å². The summed E-state index contributed by atoms with van der Waals surface area (Å²) in [6.07, 6.45) is 1.42. The number of anilines is 1. The van der Waals surface area contributed by atoms with E-state index in [0.717, 1.165) is 11.3 Å². The number of urea groups is 1. The van der Waals surface area contributed by atoms with Crippen molar-refractivity contribution in [2.24, 2.45) is 5.92 Å². The third-order valence-electron chi connectivity index (χ3n) is 3.97. The molecule has 3 amide bonds. The summed E-state index contributed by atoms with van der Waals surface area (Å²) >= 11 is 0. The summed E-state index contributed by atoms with van der Waals surface area (Å²) in [4.78, 5) is 26.1. The largest absolute Gasteiger partial charge is 0.336 e. The van der Waals surface area contributed by atoms with E-state index in [1.165, 1.54) is 0 Å². The molecule has 0 aliphatic carbocycles. The number of hydrogen-bond donors (Lipinski definition) is 2. The fourth-order valence-electron chi connectivity index (χ4n) is 2.63. The zero-order chi connectivity index (χ0) is 16.1. The molecule has 1 fully saturated rings. The van der Waals surface area contributed by atoms with Crippen molar-refractivity contribution in [1.82, 2.24) is 10.2 Å². The van der Waals surface area contributed by atoms with Gasteiger partial charge in [-0.15, -0.1) is 0 Å². The standard InChI is InChI=1S/C17H25N3O2/c1-12(2)18-17(22)20-10-8-14(9-11-20)16(21)19-15-7-5-4-6-13(15)3/h4-7,12,14H,8-11H2,1-3H3,(H,18,22)(H,19,21). The Morgan fingerprint density at radius 1 is 1.18 bits per heavy atom. The maximum absolute atomic E-state index is 12.3. The second-order valence-corrected chi connectivity index (χ2v) is 6.17. The Hall–Kier alpha value is -2.04. The molecule has 1 heterocycles. The highest BCUT2D eigenvalue weighted by Gasteiger charge is 2.27. The van der Waals surface area contributed by atoms with E-state index in [4.69, 9.17) is 0 Å². The fourth-order valence-corrected chi connectivity index (χ4v) is 2.63. The molecule has 1 aromatic rings. The molecule has 1 aromatic carbocycles. The van der Waals surface area contributed by atoms with Gasteiger partial charge < -0.3 is 15.5 Å². The topological polar surface area (TPSA) is 61.4 Å². The van der Waals surface area contributed by atoms with E-state index in [2.05, 4.69) is 10.6 Å². The van der Waals surface area contributed by atoms with Crippen molar-refractivity contribution in [3.63, 3.8) is 0 Å². The molecule has 2 N–H and O–H groups in total. The van der Waals surface area contributed by atoms with Crippen LogP contribution in [0.15, 0.2) is 24.3 Å². The lowest BCUT2D eigenvalue weighted by Gasteiger charge is -2.32. The predicted octanol–water partition coefficient (Wildman–Crippen LogP) is 2.76. The molecule has 0 saturated carbocycles. The Morgan fingerprint density at radius 2 is 1.82 bits per heavy atom. The highest BCUT2D eigenvalue weighted by atomic mass is 16.2. The Labute approximate surface area is 132 Å². The quantitative estimate of drug-likeness (QED) is 0.902. The van der Waals surface area contributed by atoms with E-state index >= 15 is 0 Å². The number of benzene rings is 1. The fraction of sp³-hybridized carbons (Fsp3) is 0.529. The third-order valence-corrected chi connectivity index (χ3v) is 3.97. The number of hydrogen-bond acceptors (Lipinski definition) is 2. The Morgan fingerprint density at radius 3 is 2.41 bits per heavy atom. The number of piperidine rings is 1. The summed E-state index contributed by atoms with van der Waals surface area (Å²) in [6.45, 7) is 7.13. The minimum absolute atomic E-state index is 0.0253. The van der Waals surface area contributed by atoms with Gasteiger partial charge in [-0.3, -0.25) is 4.79 Å². The molecule has 0 spiro atoms. The van der Waals surface area contributed by atoms with Crippen molar-refractivity contribution in [1.29, 1.82) is 0 Å². The van der Waals surface area contributed by atoms with Crippen LogP contribution in [0, 0.1) is 12.8 Å². The van der Waals surface area contributed by atoms with Gasteiger partial charge >= 0.3 is 6.03 Å². The summed E-state index contributed by atoms with van der Waals surface area (Å²) in [5, 5.41) is 5.89. The van der Waals surface area contributed by atoms with Gasteiger partial charge in [0, 0.05) is 30.7 Å². The predicted molar refractivity (Wildman–Crippen MR) is 87.8 cm³/mol. The highest BCUT2D eigenvalue weighted by molar-refractivity contribution is 5.93. The van der Waals surface area contributed by atoms with Crippen molar-refractivity contribution in [3.05, 3.63) is 29.8 Å². The zero-order valence-corrected chi connectivity index (χ0v) is 13.6. The minimum atomic E-state index is -0.0345. The van der Waals surface area contributed by atoms with Crippen molar-refractivity contribution in [2.45, 2.75) is 39.7 Å². The van der Waals surface area contributed by atoms with Gasteiger partial charge in [-0.25, -0.2) is 4.79 Å². The molecule has 0 unspecified atom stereocenters. The van der Waals surface area contributed by atoms with Crippen LogP contribution in [0.25, 0.3) is 0 Å². The Balaban J connectivity index is 1.85. The maximum atomic E-state index is 12.3. The normalized spacial score (nSPS) is 15.7. The van der Waals surface area contributed by atoms with E-state index in [0.29, 0.717) is 25.9 Å². The number of carbonyl (C=O) groups is 2. The summed E-state index contributed by atoms with van der Waals surface area (Å²) in [7, 11) is 0. The van der Waals surface area contributed by atoms with Gasteiger partial charge in [0.2, 0.25) is 5.91 Å². The van der Waals surface area contributed by atoms with E-state index in [-0.39, 0.29) is 23.9 Å². The molecule has 5 heteroatoms. The van der Waals surface area contributed by atoms with Crippen LogP contribution in [0.4, 0.5) is 10.5 Å². The highest BCUT2D eigenvalue weighted by Crippen LogP contribution is 2.21. The molecule has 22 heavy (non-hydrogen) atoms. The monoisotopic (exact) mass is 303 g/mol. The summed E-state index contributed by atoms with van der Waals surface area (Å²) in [6, 6.07) is 7.87.